The highest BCUT2D eigenvalue weighted by atomic mass is 16.5. The molecule has 1 aliphatic rings. The monoisotopic (exact) mass is 210 g/mol. The summed E-state index contributed by atoms with van der Waals surface area (Å²) in [4.78, 5) is 0. The van der Waals surface area contributed by atoms with Gasteiger partial charge in [-0.1, -0.05) is 6.92 Å². The van der Waals surface area contributed by atoms with Crippen molar-refractivity contribution in [3.05, 3.63) is 12.4 Å². The van der Waals surface area contributed by atoms with Crippen LogP contribution in [0.3, 0.4) is 0 Å². The highest BCUT2D eigenvalue weighted by Gasteiger charge is 2.16. The van der Waals surface area contributed by atoms with Gasteiger partial charge >= 0.3 is 0 Å². The van der Waals surface area contributed by atoms with Crippen LogP contribution in [0.15, 0.2) is 12.4 Å². The lowest BCUT2D eigenvalue weighted by Gasteiger charge is -2.07. The Balaban J connectivity index is 1.77. The Kier molecular flexibility index (Phi) is 3.61. The molecule has 1 saturated heterocycles. The minimum Gasteiger partial charge on any atom is -0.490 e. The zero-order chi connectivity index (χ0) is 10.5. The maximum Gasteiger partial charge on any atom is 0.157 e. The normalized spacial score (nSPS) is 20.7. The van der Waals surface area contributed by atoms with E-state index in [2.05, 4.69) is 12.0 Å². The van der Waals surface area contributed by atoms with Crippen LogP contribution < -0.4 is 4.74 Å². The topological polar surface area (TPSA) is 36.3 Å². The minimum absolute atomic E-state index is 0.555. The van der Waals surface area contributed by atoms with Crippen molar-refractivity contribution in [3.8, 4) is 5.75 Å². The lowest BCUT2D eigenvalue weighted by Crippen LogP contribution is -2.11. The summed E-state index contributed by atoms with van der Waals surface area (Å²) in [6.45, 7) is 5.55. The van der Waals surface area contributed by atoms with E-state index in [0.717, 1.165) is 45.0 Å². The molecule has 2 rings (SSSR count). The van der Waals surface area contributed by atoms with Gasteiger partial charge in [-0.15, -0.1) is 0 Å². The molecule has 0 bridgehead atoms. The fraction of sp³-hybridized carbons (Fsp3) is 0.727. The van der Waals surface area contributed by atoms with Gasteiger partial charge in [-0.05, 0) is 12.8 Å². The Bertz CT molecular complexity index is 293. The fourth-order valence-electron chi connectivity index (χ4n) is 1.70. The van der Waals surface area contributed by atoms with Gasteiger partial charge in [0.1, 0.15) is 0 Å². The van der Waals surface area contributed by atoms with Gasteiger partial charge in [0.15, 0.2) is 5.75 Å². The summed E-state index contributed by atoms with van der Waals surface area (Å²) < 4.78 is 12.9. The first-order chi connectivity index (χ1) is 7.38. The summed E-state index contributed by atoms with van der Waals surface area (Å²) in [5, 5.41) is 4.21. The van der Waals surface area contributed by atoms with E-state index in [1.54, 1.807) is 6.20 Å². The first-order valence-corrected chi connectivity index (χ1v) is 5.61. The highest BCUT2D eigenvalue weighted by Crippen LogP contribution is 2.15. The number of hydrogen-bond acceptors (Lipinski definition) is 3. The first-order valence-electron chi connectivity index (χ1n) is 5.61. The predicted octanol–water partition coefficient (Wildman–Crippen LogP) is 1.71. The van der Waals surface area contributed by atoms with Crippen LogP contribution >= 0.6 is 0 Å². The number of aryl methyl sites for hydroxylation is 1. The zero-order valence-electron chi connectivity index (χ0n) is 9.19. The molecule has 0 saturated carbocycles. The summed E-state index contributed by atoms with van der Waals surface area (Å²) in [6, 6.07) is 0. The SMILES string of the molecule is CCCn1cc(OCC2CCOC2)cn1. The second-order valence-electron chi connectivity index (χ2n) is 3.98. The van der Waals surface area contributed by atoms with Crippen molar-refractivity contribution in [2.75, 3.05) is 19.8 Å². The molecule has 1 fully saturated rings. The number of ether oxygens (including phenoxy) is 2. The van der Waals surface area contributed by atoms with Gasteiger partial charge in [0.05, 0.1) is 25.6 Å². The van der Waals surface area contributed by atoms with Crippen LogP contribution in [0, 0.1) is 5.92 Å². The van der Waals surface area contributed by atoms with E-state index in [1.807, 2.05) is 10.9 Å². The van der Waals surface area contributed by atoms with Gasteiger partial charge in [-0.3, -0.25) is 4.68 Å². The molecule has 1 aliphatic heterocycles. The first kappa shape index (κ1) is 10.5. The lowest BCUT2D eigenvalue weighted by atomic mass is 10.1. The molecule has 15 heavy (non-hydrogen) atoms. The molecule has 4 nitrogen and oxygen atoms in total. The molecular formula is C11H18N2O2. The number of rotatable bonds is 5. The van der Waals surface area contributed by atoms with Crippen LogP contribution in [-0.2, 0) is 11.3 Å². The highest BCUT2D eigenvalue weighted by molar-refractivity contribution is 5.11. The predicted molar refractivity (Wildman–Crippen MR) is 56.9 cm³/mol. The van der Waals surface area contributed by atoms with Crippen molar-refractivity contribution < 1.29 is 9.47 Å². The molecule has 4 heteroatoms. The Hall–Kier alpha value is -1.03. The van der Waals surface area contributed by atoms with E-state index in [0.29, 0.717) is 5.92 Å². The van der Waals surface area contributed by atoms with Gasteiger partial charge in [0.2, 0.25) is 0 Å². The van der Waals surface area contributed by atoms with Gasteiger partial charge in [0, 0.05) is 19.1 Å². The molecular weight excluding hydrogens is 192 g/mol. The lowest BCUT2D eigenvalue weighted by molar-refractivity contribution is 0.167. The Morgan fingerprint density at radius 3 is 3.33 bits per heavy atom. The minimum atomic E-state index is 0.555. The summed E-state index contributed by atoms with van der Waals surface area (Å²) >= 11 is 0. The van der Waals surface area contributed by atoms with E-state index in [-0.39, 0.29) is 0 Å². The molecule has 1 atom stereocenters. The van der Waals surface area contributed by atoms with Crippen LogP contribution in [0.4, 0.5) is 0 Å². The van der Waals surface area contributed by atoms with Crippen LogP contribution in [0.25, 0.3) is 0 Å². The zero-order valence-corrected chi connectivity index (χ0v) is 9.19. The molecule has 0 aromatic carbocycles. The molecule has 0 spiro atoms. The largest absolute Gasteiger partial charge is 0.490 e. The fourth-order valence-corrected chi connectivity index (χ4v) is 1.70. The van der Waals surface area contributed by atoms with Gasteiger partial charge in [0.25, 0.3) is 0 Å². The van der Waals surface area contributed by atoms with Crippen LogP contribution in [0.2, 0.25) is 0 Å². The molecule has 1 unspecified atom stereocenters. The Morgan fingerprint density at radius 2 is 2.60 bits per heavy atom. The van der Waals surface area contributed by atoms with Crippen molar-refractivity contribution in [1.29, 1.82) is 0 Å². The standard InChI is InChI=1S/C11H18N2O2/c1-2-4-13-7-11(6-12-13)15-9-10-3-5-14-8-10/h6-7,10H,2-5,8-9H2,1H3. The molecule has 0 N–H and O–H groups in total. The van der Waals surface area contributed by atoms with Crippen molar-refractivity contribution in [2.45, 2.75) is 26.3 Å². The third kappa shape index (κ3) is 2.96. The molecule has 0 amide bonds. The summed E-state index contributed by atoms with van der Waals surface area (Å²) in [5.74, 6) is 1.43. The number of hydrogen-bond donors (Lipinski definition) is 0. The molecule has 0 radical (unpaired) electrons. The van der Waals surface area contributed by atoms with Crippen LogP contribution in [-0.4, -0.2) is 29.6 Å². The Morgan fingerprint density at radius 1 is 1.67 bits per heavy atom. The Labute approximate surface area is 90.2 Å². The average Bonchev–Trinajstić information content (AvgIpc) is 2.85. The maximum absolute atomic E-state index is 5.65. The second kappa shape index (κ2) is 5.16. The second-order valence-corrected chi connectivity index (χ2v) is 3.98. The summed E-state index contributed by atoms with van der Waals surface area (Å²) in [7, 11) is 0. The van der Waals surface area contributed by atoms with E-state index < -0.39 is 0 Å². The van der Waals surface area contributed by atoms with Crippen molar-refractivity contribution in [1.82, 2.24) is 9.78 Å². The quantitative estimate of drug-likeness (QED) is 0.742. The third-order valence-corrected chi connectivity index (χ3v) is 2.57. The van der Waals surface area contributed by atoms with E-state index >= 15 is 0 Å². The van der Waals surface area contributed by atoms with Crippen LogP contribution in [0.1, 0.15) is 19.8 Å². The van der Waals surface area contributed by atoms with E-state index in [9.17, 15) is 0 Å². The van der Waals surface area contributed by atoms with Gasteiger partial charge < -0.3 is 9.47 Å². The number of aromatic nitrogens is 2. The van der Waals surface area contributed by atoms with E-state index in [4.69, 9.17) is 9.47 Å². The van der Waals surface area contributed by atoms with E-state index in [1.165, 1.54) is 0 Å². The third-order valence-electron chi connectivity index (χ3n) is 2.57. The van der Waals surface area contributed by atoms with Crippen molar-refractivity contribution in [3.63, 3.8) is 0 Å². The van der Waals surface area contributed by atoms with Gasteiger partial charge in [-0.2, -0.15) is 5.10 Å². The molecule has 1 aromatic heterocycles. The molecule has 84 valence electrons. The molecule has 2 heterocycles. The van der Waals surface area contributed by atoms with Crippen molar-refractivity contribution >= 4 is 0 Å². The smallest absolute Gasteiger partial charge is 0.157 e. The van der Waals surface area contributed by atoms with Gasteiger partial charge in [-0.25, -0.2) is 0 Å². The maximum atomic E-state index is 5.65. The summed E-state index contributed by atoms with van der Waals surface area (Å²) in [5.41, 5.74) is 0. The summed E-state index contributed by atoms with van der Waals surface area (Å²) in [6.07, 6.45) is 5.95. The number of nitrogens with zero attached hydrogens (tertiary/aromatic N) is 2. The average molecular weight is 210 g/mol. The van der Waals surface area contributed by atoms with Crippen LogP contribution in [0.5, 0.6) is 5.75 Å². The molecule has 1 aromatic rings. The molecule has 0 aliphatic carbocycles. The van der Waals surface area contributed by atoms with Crippen molar-refractivity contribution in [2.24, 2.45) is 5.92 Å².